The number of benzene rings is 2. The number of aliphatic hydroxyl groups is 1. The van der Waals surface area contributed by atoms with Crippen molar-refractivity contribution in [1.29, 1.82) is 0 Å². The zero-order valence-corrected chi connectivity index (χ0v) is 19.9. The van der Waals surface area contributed by atoms with Crippen LogP contribution in [0.3, 0.4) is 0 Å². The third-order valence-electron chi connectivity index (χ3n) is 6.99. The van der Waals surface area contributed by atoms with E-state index in [1.54, 1.807) is 0 Å². The number of fused-ring (bicyclic) bond motifs is 3. The van der Waals surface area contributed by atoms with Crippen LogP contribution in [0.4, 0.5) is 17.6 Å². The minimum atomic E-state index is -4.50. The monoisotopic (exact) mass is 528 g/mol. The van der Waals surface area contributed by atoms with Gasteiger partial charge in [-0.25, -0.2) is 4.39 Å². The molecule has 3 N–H and O–H groups in total. The Bertz CT molecular complexity index is 1150. The number of carbonyl (C=O) groups excluding carboxylic acids is 2. The minimum absolute atomic E-state index is 0.0607. The van der Waals surface area contributed by atoms with Crippen LogP contribution in [0, 0.1) is 5.82 Å². The van der Waals surface area contributed by atoms with Gasteiger partial charge >= 0.3 is 6.18 Å². The first kappa shape index (κ1) is 26.2. The molecule has 0 heterocycles. The van der Waals surface area contributed by atoms with Gasteiger partial charge < -0.3 is 20.5 Å². The zero-order chi connectivity index (χ0) is 26.1. The molecule has 5 rings (SSSR count). The molecule has 2 aromatic rings. The topological polar surface area (TPSA) is 87.7 Å². The van der Waals surface area contributed by atoms with E-state index in [-0.39, 0.29) is 35.8 Å². The average Bonchev–Trinajstić information content (AvgIpc) is 2.80. The molecular weight excluding hydrogens is 504 g/mol. The van der Waals surface area contributed by atoms with Crippen LogP contribution in [-0.2, 0) is 22.2 Å². The van der Waals surface area contributed by atoms with Gasteiger partial charge in [0.05, 0.1) is 28.6 Å². The summed E-state index contributed by atoms with van der Waals surface area (Å²) in [5.74, 6) is -1.42. The lowest BCUT2D eigenvalue weighted by atomic mass is 9.60. The van der Waals surface area contributed by atoms with Crippen molar-refractivity contribution >= 4 is 23.4 Å². The minimum Gasteiger partial charge on any atom is -0.484 e. The van der Waals surface area contributed by atoms with Crippen LogP contribution in [0.25, 0.3) is 0 Å². The summed E-state index contributed by atoms with van der Waals surface area (Å²) in [7, 11) is 0. The number of carbonyl (C=O) groups is 2. The van der Waals surface area contributed by atoms with E-state index < -0.39 is 46.6 Å². The van der Waals surface area contributed by atoms with Crippen molar-refractivity contribution in [2.24, 2.45) is 0 Å². The van der Waals surface area contributed by atoms with Gasteiger partial charge in [-0.2, -0.15) is 13.2 Å². The van der Waals surface area contributed by atoms with Crippen molar-refractivity contribution in [3.05, 3.63) is 64.4 Å². The summed E-state index contributed by atoms with van der Waals surface area (Å²) in [6, 6.07) is 8.43. The number of ether oxygens (including phenoxy) is 1. The largest absolute Gasteiger partial charge is 0.484 e. The highest BCUT2D eigenvalue weighted by Gasteiger charge is 2.55. The molecule has 11 heteroatoms. The van der Waals surface area contributed by atoms with Gasteiger partial charge in [0.15, 0.2) is 6.61 Å². The van der Waals surface area contributed by atoms with Crippen molar-refractivity contribution in [3.63, 3.8) is 0 Å². The van der Waals surface area contributed by atoms with Gasteiger partial charge in [-0.15, -0.1) is 0 Å². The van der Waals surface area contributed by atoms with E-state index in [0.717, 1.165) is 18.2 Å². The standard InChI is InChI=1S/C25H25ClF4N2O4/c26-18-5-4-17(12-19(18)27)36-14-22(35)31-23-6-8-24(9-7-23,20(33)13-23)32-21(34)11-15-2-1-3-16(10-15)25(28,29)30/h1-5,10,12,20,33H,6-9,11,13-14H2,(H,31,35)(H,32,34). The molecule has 1 atom stereocenters. The molecule has 0 radical (unpaired) electrons. The molecule has 36 heavy (non-hydrogen) atoms. The number of hydrogen-bond donors (Lipinski definition) is 3. The number of alkyl halides is 3. The summed E-state index contributed by atoms with van der Waals surface area (Å²) in [4.78, 5) is 25.2. The van der Waals surface area contributed by atoms with E-state index in [1.807, 2.05) is 0 Å². The van der Waals surface area contributed by atoms with Gasteiger partial charge in [-0.1, -0.05) is 29.8 Å². The Labute approximate surface area is 210 Å². The van der Waals surface area contributed by atoms with E-state index in [9.17, 15) is 32.3 Å². The number of rotatable bonds is 7. The Morgan fingerprint density at radius 2 is 1.78 bits per heavy atom. The molecule has 6 nitrogen and oxygen atoms in total. The van der Waals surface area contributed by atoms with Crippen LogP contribution in [0.5, 0.6) is 5.75 Å². The van der Waals surface area contributed by atoms with Gasteiger partial charge in [0.1, 0.15) is 11.6 Å². The van der Waals surface area contributed by atoms with E-state index in [4.69, 9.17) is 16.3 Å². The number of hydrogen-bond acceptors (Lipinski definition) is 4. The fourth-order valence-corrected chi connectivity index (χ4v) is 5.19. The van der Waals surface area contributed by atoms with Gasteiger partial charge in [0, 0.05) is 11.6 Å². The molecule has 2 bridgehead atoms. The van der Waals surface area contributed by atoms with Crippen LogP contribution in [0.1, 0.15) is 43.2 Å². The molecule has 3 aliphatic carbocycles. The lowest BCUT2D eigenvalue weighted by Gasteiger charge is -2.56. The second-order valence-electron chi connectivity index (χ2n) is 9.49. The third-order valence-corrected chi connectivity index (χ3v) is 7.30. The van der Waals surface area contributed by atoms with E-state index >= 15 is 0 Å². The Morgan fingerprint density at radius 1 is 1.06 bits per heavy atom. The Kier molecular flexibility index (Phi) is 7.21. The lowest BCUT2D eigenvalue weighted by Crippen LogP contribution is -2.70. The van der Waals surface area contributed by atoms with Crippen LogP contribution in [-0.4, -0.2) is 40.7 Å². The van der Waals surface area contributed by atoms with Crippen LogP contribution in [0.15, 0.2) is 42.5 Å². The fraction of sp³-hybridized carbons (Fsp3) is 0.440. The summed E-state index contributed by atoms with van der Waals surface area (Å²) in [5.41, 5.74) is -2.17. The lowest BCUT2D eigenvalue weighted by molar-refractivity contribution is -0.137. The van der Waals surface area contributed by atoms with Crippen LogP contribution < -0.4 is 15.4 Å². The molecule has 3 saturated carbocycles. The van der Waals surface area contributed by atoms with Gasteiger partial charge in [0.25, 0.3) is 5.91 Å². The molecule has 3 aliphatic rings. The van der Waals surface area contributed by atoms with Crippen molar-refractivity contribution in [1.82, 2.24) is 10.6 Å². The summed E-state index contributed by atoms with van der Waals surface area (Å²) in [5, 5.41) is 16.6. The predicted molar refractivity (Wildman–Crippen MR) is 123 cm³/mol. The average molecular weight is 529 g/mol. The highest BCUT2D eigenvalue weighted by atomic mass is 35.5. The molecule has 0 aromatic heterocycles. The first-order chi connectivity index (χ1) is 16.9. The number of amides is 2. The quantitative estimate of drug-likeness (QED) is 0.471. The van der Waals surface area contributed by atoms with Gasteiger partial charge in [0.2, 0.25) is 5.91 Å². The maximum Gasteiger partial charge on any atom is 0.416 e. The van der Waals surface area contributed by atoms with Crippen molar-refractivity contribution < 1.29 is 37.0 Å². The molecule has 3 fully saturated rings. The molecule has 0 spiro atoms. The van der Waals surface area contributed by atoms with E-state index in [1.165, 1.54) is 24.3 Å². The molecule has 1 unspecified atom stereocenters. The smallest absolute Gasteiger partial charge is 0.416 e. The van der Waals surface area contributed by atoms with Crippen LogP contribution >= 0.6 is 11.6 Å². The molecular formula is C25H25ClF4N2O4. The first-order valence-electron chi connectivity index (χ1n) is 11.4. The van der Waals surface area contributed by atoms with Crippen molar-refractivity contribution in [2.75, 3.05) is 6.61 Å². The number of aliphatic hydroxyl groups excluding tert-OH is 1. The second-order valence-corrected chi connectivity index (χ2v) is 9.90. The molecule has 2 amide bonds. The second kappa shape index (κ2) is 9.89. The number of halogens is 5. The summed E-state index contributed by atoms with van der Waals surface area (Å²) in [6.07, 6.45) is -3.71. The van der Waals surface area contributed by atoms with E-state index in [0.29, 0.717) is 25.7 Å². The Balaban J connectivity index is 1.32. The maximum atomic E-state index is 13.5. The normalized spacial score (nSPS) is 25.3. The molecule has 0 aliphatic heterocycles. The molecule has 0 saturated heterocycles. The molecule has 194 valence electrons. The third kappa shape index (κ3) is 5.75. The Morgan fingerprint density at radius 3 is 2.42 bits per heavy atom. The van der Waals surface area contributed by atoms with Crippen molar-refractivity contribution in [2.45, 2.75) is 61.9 Å². The zero-order valence-electron chi connectivity index (χ0n) is 19.1. The highest BCUT2D eigenvalue weighted by molar-refractivity contribution is 6.30. The van der Waals surface area contributed by atoms with Gasteiger partial charge in [-0.3, -0.25) is 9.59 Å². The predicted octanol–water partition coefficient (Wildman–Crippen LogP) is 4.17. The Hall–Kier alpha value is -2.85. The summed E-state index contributed by atoms with van der Waals surface area (Å²) >= 11 is 5.63. The van der Waals surface area contributed by atoms with Crippen LogP contribution in [0.2, 0.25) is 5.02 Å². The fourth-order valence-electron chi connectivity index (χ4n) is 5.07. The van der Waals surface area contributed by atoms with Crippen molar-refractivity contribution in [3.8, 4) is 5.75 Å². The maximum absolute atomic E-state index is 13.5. The highest BCUT2D eigenvalue weighted by Crippen LogP contribution is 2.47. The molecule has 2 aromatic carbocycles. The summed E-state index contributed by atoms with van der Waals surface area (Å²) in [6.45, 7) is -0.349. The van der Waals surface area contributed by atoms with E-state index in [2.05, 4.69) is 10.6 Å². The van der Waals surface area contributed by atoms with Gasteiger partial charge in [-0.05, 0) is 55.9 Å². The summed E-state index contributed by atoms with van der Waals surface area (Å²) < 4.78 is 57.7. The first-order valence-corrected chi connectivity index (χ1v) is 11.8. The number of nitrogens with one attached hydrogen (secondary N) is 2. The SMILES string of the molecule is O=C(COc1ccc(Cl)c(F)c1)NC12CCC(NC(=O)Cc3cccc(C(F)(F)F)c3)(CC1)C(O)C2.